The highest BCUT2D eigenvalue weighted by Crippen LogP contribution is 2.18. The normalized spacial score (nSPS) is 10.3. The molecule has 2 amide bonds. The number of rotatable bonds is 8. The zero-order valence-corrected chi connectivity index (χ0v) is 17.4. The van der Waals surface area contributed by atoms with Crippen molar-refractivity contribution in [3.63, 3.8) is 0 Å². The first-order valence-corrected chi connectivity index (χ1v) is 10.0. The number of nitrogens with one attached hydrogen (secondary N) is 3. The monoisotopic (exact) mass is 401 g/mol. The van der Waals surface area contributed by atoms with Gasteiger partial charge < -0.3 is 16.0 Å². The molecule has 0 aliphatic rings. The predicted molar refractivity (Wildman–Crippen MR) is 123 cm³/mol. The van der Waals surface area contributed by atoms with Crippen LogP contribution in [0.4, 0.5) is 17.1 Å². The van der Waals surface area contributed by atoms with Crippen LogP contribution in [0.15, 0.2) is 72.8 Å². The molecule has 3 rings (SSSR count). The molecule has 5 heteroatoms. The molecule has 0 heterocycles. The van der Waals surface area contributed by atoms with E-state index in [1.807, 2.05) is 86.6 Å². The fourth-order valence-electron chi connectivity index (χ4n) is 3.10. The number of benzene rings is 3. The van der Waals surface area contributed by atoms with Crippen molar-refractivity contribution in [2.24, 2.45) is 0 Å². The quantitative estimate of drug-likeness (QED) is 0.501. The van der Waals surface area contributed by atoms with Gasteiger partial charge in [-0.15, -0.1) is 0 Å². The van der Waals surface area contributed by atoms with Gasteiger partial charge in [-0.2, -0.15) is 0 Å². The van der Waals surface area contributed by atoms with E-state index >= 15 is 0 Å². The largest absolute Gasteiger partial charge is 0.376 e. The van der Waals surface area contributed by atoms with Gasteiger partial charge in [0.2, 0.25) is 11.8 Å². The molecule has 154 valence electrons. The third-order valence-corrected chi connectivity index (χ3v) is 4.96. The average molecular weight is 402 g/mol. The number of carbonyl (C=O) groups excluding carboxylic acids is 2. The van der Waals surface area contributed by atoms with Gasteiger partial charge in [0, 0.05) is 23.5 Å². The Bertz CT molecular complexity index is 1020. The first-order valence-electron chi connectivity index (χ1n) is 10.0. The Labute approximate surface area is 177 Å². The Morgan fingerprint density at radius 1 is 0.767 bits per heavy atom. The first-order chi connectivity index (χ1) is 14.5. The van der Waals surface area contributed by atoms with Crippen molar-refractivity contribution in [3.05, 3.63) is 89.5 Å². The van der Waals surface area contributed by atoms with Crippen LogP contribution in [0.1, 0.15) is 23.1 Å². The summed E-state index contributed by atoms with van der Waals surface area (Å²) in [6, 6.07) is 23.1. The summed E-state index contributed by atoms with van der Waals surface area (Å²) in [7, 11) is 0. The highest BCUT2D eigenvalue weighted by atomic mass is 16.2. The average Bonchev–Trinajstić information content (AvgIpc) is 2.75. The fraction of sp³-hybridized carbons (Fsp3) is 0.200. The molecule has 0 saturated carbocycles. The third-order valence-electron chi connectivity index (χ3n) is 4.96. The van der Waals surface area contributed by atoms with Crippen molar-refractivity contribution in [1.82, 2.24) is 0 Å². The molecular formula is C25H27N3O2. The lowest BCUT2D eigenvalue weighted by Crippen LogP contribution is -2.22. The predicted octanol–water partition coefficient (Wildman–Crippen LogP) is 4.93. The summed E-state index contributed by atoms with van der Waals surface area (Å²) in [6.45, 7) is 4.14. The number of anilines is 3. The zero-order chi connectivity index (χ0) is 21.3. The smallest absolute Gasteiger partial charge is 0.243 e. The van der Waals surface area contributed by atoms with E-state index in [1.165, 1.54) is 0 Å². The van der Waals surface area contributed by atoms with Crippen molar-refractivity contribution in [1.29, 1.82) is 0 Å². The number of hydrogen-bond acceptors (Lipinski definition) is 3. The highest BCUT2D eigenvalue weighted by Gasteiger charge is 2.07. The van der Waals surface area contributed by atoms with Crippen LogP contribution in [-0.2, 0) is 16.0 Å². The molecule has 0 unspecified atom stereocenters. The maximum atomic E-state index is 12.3. The van der Waals surface area contributed by atoms with Crippen LogP contribution in [0, 0.1) is 13.8 Å². The van der Waals surface area contributed by atoms with Gasteiger partial charge in [-0.3, -0.25) is 9.59 Å². The van der Waals surface area contributed by atoms with Crippen LogP contribution in [0.3, 0.4) is 0 Å². The van der Waals surface area contributed by atoms with E-state index in [4.69, 9.17) is 0 Å². The lowest BCUT2D eigenvalue weighted by atomic mass is 10.1. The minimum atomic E-state index is -0.124. The number of aryl methyl sites for hydroxylation is 2. The van der Waals surface area contributed by atoms with Crippen molar-refractivity contribution < 1.29 is 9.59 Å². The highest BCUT2D eigenvalue weighted by molar-refractivity contribution is 5.95. The first kappa shape index (κ1) is 21.1. The van der Waals surface area contributed by atoms with E-state index in [0.29, 0.717) is 18.5 Å². The molecule has 3 aromatic rings. The van der Waals surface area contributed by atoms with Crippen molar-refractivity contribution >= 4 is 28.9 Å². The summed E-state index contributed by atoms with van der Waals surface area (Å²) in [5.41, 5.74) is 5.63. The van der Waals surface area contributed by atoms with Crippen LogP contribution < -0.4 is 16.0 Å². The summed E-state index contributed by atoms with van der Waals surface area (Å²) in [4.78, 5) is 24.5. The standard InChI is InChI=1S/C25H27N3O2/c1-18-8-6-13-23(19(18)2)28-25(30)17-26-21-11-7-12-22(16-21)27-24(29)15-14-20-9-4-3-5-10-20/h3-13,16,26H,14-15,17H2,1-2H3,(H,27,29)(H,28,30). The fourth-order valence-corrected chi connectivity index (χ4v) is 3.10. The summed E-state index contributed by atoms with van der Waals surface area (Å²) in [6.07, 6.45) is 1.11. The molecule has 3 aromatic carbocycles. The van der Waals surface area contributed by atoms with Crippen molar-refractivity contribution in [2.75, 3.05) is 22.5 Å². The van der Waals surface area contributed by atoms with E-state index in [9.17, 15) is 9.59 Å². The molecule has 0 fully saturated rings. The van der Waals surface area contributed by atoms with E-state index < -0.39 is 0 Å². The third kappa shape index (κ3) is 6.21. The zero-order valence-electron chi connectivity index (χ0n) is 17.4. The number of carbonyl (C=O) groups is 2. The van der Waals surface area contributed by atoms with Gasteiger partial charge in [0.05, 0.1) is 6.54 Å². The Hall–Kier alpha value is -3.60. The van der Waals surface area contributed by atoms with Crippen LogP contribution in [0.2, 0.25) is 0 Å². The summed E-state index contributed by atoms with van der Waals surface area (Å²) in [5, 5.41) is 8.95. The molecule has 5 nitrogen and oxygen atoms in total. The van der Waals surface area contributed by atoms with Crippen molar-refractivity contribution in [3.8, 4) is 0 Å². The van der Waals surface area contributed by atoms with Crippen LogP contribution in [0.5, 0.6) is 0 Å². The molecule has 0 saturated heterocycles. The molecule has 0 spiro atoms. The molecule has 0 aliphatic carbocycles. The molecule has 0 aliphatic heterocycles. The molecule has 0 aromatic heterocycles. The lowest BCUT2D eigenvalue weighted by Gasteiger charge is -2.12. The van der Waals surface area contributed by atoms with Gasteiger partial charge in [0.25, 0.3) is 0 Å². The summed E-state index contributed by atoms with van der Waals surface area (Å²) >= 11 is 0. The van der Waals surface area contributed by atoms with Crippen LogP contribution >= 0.6 is 0 Å². The van der Waals surface area contributed by atoms with Gasteiger partial charge in [0.15, 0.2) is 0 Å². The number of hydrogen-bond donors (Lipinski definition) is 3. The molecule has 0 radical (unpaired) electrons. The van der Waals surface area contributed by atoms with Crippen LogP contribution in [0.25, 0.3) is 0 Å². The van der Waals surface area contributed by atoms with E-state index in [-0.39, 0.29) is 18.4 Å². The van der Waals surface area contributed by atoms with Gasteiger partial charge >= 0.3 is 0 Å². The molecule has 0 atom stereocenters. The Balaban J connectivity index is 1.49. The van der Waals surface area contributed by atoms with Gasteiger partial charge in [0.1, 0.15) is 0 Å². The van der Waals surface area contributed by atoms with Gasteiger partial charge in [-0.1, -0.05) is 48.5 Å². The Morgan fingerprint density at radius 3 is 2.30 bits per heavy atom. The molecule has 30 heavy (non-hydrogen) atoms. The van der Waals surface area contributed by atoms with E-state index in [2.05, 4.69) is 16.0 Å². The topological polar surface area (TPSA) is 70.2 Å². The van der Waals surface area contributed by atoms with Crippen molar-refractivity contribution in [2.45, 2.75) is 26.7 Å². The van der Waals surface area contributed by atoms with Crippen LogP contribution in [-0.4, -0.2) is 18.4 Å². The summed E-state index contributed by atoms with van der Waals surface area (Å²) in [5.74, 6) is -0.162. The maximum absolute atomic E-state index is 12.3. The van der Waals surface area contributed by atoms with E-state index in [1.54, 1.807) is 0 Å². The maximum Gasteiger partial charge on any atom is 0.243 e. The molecular weight excluding hydrogens is 374 g/mol. The second kappa shape index (κ2) is 10.3. The minimum Gasteiger partial charge on any atom is -0.376 e. The lowest BCUT2D eigenvalue weighted by molar-refractivity contribution is -0.116. The second-order valence-electron chi connectivity index (χ2n) is 7.26. The Kier molecular flexibility index (Phi) is 7.22. The second-order valence-corrected chi connectivity index (χ2v) is 7.26. The Morgan fingerprint density at radius 2 is 1.50 bits per heavy atom. The van der Waals surface area contributed by atoms with Gasteiger partial charge in [-0.25, -0.2) is 0 Å². The SMILES string of the molecule is Cc1cccc(NC(=O)CNc2cccc(NC(=O)CCc3ccccc3)c2)c1C. The molecule has 3 N–H and O–H groups in total. The molecule has 0 bridgehead atoms. The summed E-state index contributed by atoms with van der Waals surface area (Å²) < 4.78 is 0. The number of amides is 2. The minimum absolute atomic E-state index is 0.0383. The van der Waals surface area contributed by atoms with Gasteiger partial charge in [-0.05, 0) is 61.2 Å². The van der Waals surface area contributed by atoms with E-state index in [0.717, 1.165) is 28.1 Å².